The Hall–Kier alpha value is -3.17. The van der Waals surface area contributed by atoms with Crippen LogP contribution >= 0.6 is 11.8 Å². The maximum absolute atomic E-state index is 12.6. The molecular formula is C20H20N6O2S. The van der Waals surface area contributed by atoms with E-state index in [4.69, 9.17) is 4.84 Å². The van der Waals surface area contributed by atoms with E-state index in [0.29, 0.717) is 24.1 Å². The summed E-state index contributed by atoms with van der Waals surface area (Å²) in [6, 6.07) is 13.2. The lowest BCUT2D eigenvalue weighted by Gasteiger charge is -2.24. The molecule has 5 aromatic rings. The zero-order valence-electron chi connectivity index (χ0n) is 16.1. The molecule has 29 heavy (non-hydrogen) atoms. The first-order valence-electron chi connectivity index (χ1n) is 9.03. The number of rotatable bonds is 7. The van der Waals surface area contributed by atoms with Crippen LogP contribution in [0.4, 0.5) is 5.69 Å². The summed E-state index contributed by atoms with van der Waals surface area (Å²) in [6.07, 6.45) is 5.15. The summed E-state index contributed by atoms with van der Waals surface area (Å²) in [7, 11) is 1.48. The van der Waals surface area contributed by atoms with Crippen molar-refractivity contribution >= 4 is 34.8 Å². The van der Waals surface area contributed by atoms with E-state index in [1.54, 1.807) is 30.1 Å². The Balaban J connectivity index is 1.56. The van der Waals surface area contributed by atoms with Gasteiger partial charge in [0.15, 0.2) is 5.49 Å². The van der Waals surface area contributed by atoms with Gasteiger partial charge in [-0.05, 0) is 30.5 Å². The van der Waals surface area contributed by atoms with Crippen molar-refractivity contribution in [1.82, 2.24) is 24.6 Å². The number of nitrogens with one attached hydrogen (secondary N) is 1. The van der Waals surface area contributed by atoms with E-state index >= 15 is 0 Å². The summed E-state index contributed by atoms with van der Waals surface area (Å²) in [5, 5.41) is 1.32. The minimum Gasteiger partial charge on any atom is -0.310 e. The number of carbonyl (C=O) groups excluding carboxylic acids is 1. The molecule has 148 valence electrons. The minimum atomic E-state index is -0.230. The monoisotopic (exact) mass is 408 g/mol. The van der Waals surface area contributed by atoms with Gasteiger partial charge in [-0.25, -0.2) is 10.1 Å². The van der Waals surface area contributed by atoms with Crippen LogP contribution in [0.5, 0.6) is 0 Å². The molecular weight excluding hydrogens is 388 g/mol. The molecule has 0 saturated heterocycles. The Labute approximate surface area is 171 Å². The lowest BCUT2D eigenvalue weighted by molar-refractivity contribution is -0.0965. The van der Waals surface area contributed by atoms with Crippen molar-refractivity contribution in [1.29, 1.82) is 0 Å². The number of hydroxylamine groups is 2. The maximum Gasteiger partial charge on any atom is 0.279 e. The average Bonchev–Trinajstić information content (AvgIpc) is 2.77. The molecule has 0 atom stereocenters. The van der Waals surface area contributed by atoms with Gasteiger partial charge in [0, 0.05) is 18.9 Å². The van der Waals surface area contributed by atoms with Gasteiger partial charge in [0.2, 0.25) is 5.78 Å². The Morgan fingerprint density at radius 2 is 2.10 bits per heavy atom. The number of H-pyrrole nitrogens is 1. The van der Waals surface area contributed by atoms with Crippen LogP contribution in [0.3, 0.4) is 0 Å². The van der Waals surface area contributed by atoms with Crippen molar-refractivity contribution in [3.8, 4) is 0 Å². The second-order valence-corrected chi connectivity index (χ2v) is 7.01. The van der Waals surface area contributed by atoms with Crippen molar-refractivity contribution in [2.45, 2.75) is 11.4 Å². The average molecular weight is 408 g/mol. The Morgan fingerprint density at radius 1 is 1.28 bits per heavy atom. The van der Waals surface area contributed by atoms with Crippen molar-refractivity contribution < 1.29 is 9.63 Å². The second kappa shape index (κ2) is 8.46. The van der Waals surface area contributed by atoms with Gasteiger partial charge >= 0.3 is 0 Å². The van der Waals surface area contributed by atoms with Crippen LogP contribution in [-0.2, 0) is 11.4 Å². The summed E-state index contributed by atoms with van der Waals surface area (Å²) >= 11 is 1.58. The largest absolute Gasteiger partial charge is 0.310 e. The molecule has 1 aromatic carbocycles. The molecule has 0 aliphatic carbocycles. The number of para-hydroxylation sites is 1. The number of fused-ring (bicyclic) bond motifs is 2. The van der Waals surface area contributed by atoms with Crippen LogP contribution < -0.4 is 5.49 Å². The number of nitrogens with zero attached hydrogens (tertiary/aromatic N) is 5. The van der Waals surface area contributed by atoms with Crippen LogP contribution in [0.25, 0.3) is 11.4 Å². The zero-order chi connectivity index (χ0) is 20.2. The highest BCUT2D eigenvalue weighted by Gasteiger charge is 2.20. The summed E-state index contributed by atoms with van der Waals surface area (Å²) in [6.45, 7) is 0.922. The molecule has 1 N–H and O–H groups in total. The van der Waals surface area contributed by atoms with Crippen LogP contribution in [0.1, 0.15) is 10.4 Å². The molecule has 0 saturated carbocycles. The third-order valence-corrected chi connectivity index (χ3v) is 5.25. The van der Waals surface area contributed by atoms with E-state index < -0.39 is 0 Å². The maximum atomic E-state index is 12.6. The molecule has 8 nitrogen and oxygen atoms in total. The summed E-state index contributed by atoms with van der Waals surface area (Å²) in [5.74, 6) is 0.490. The number of aromatic nitrogens is 4. The molecule has 1 amide bonds. The highest BCUT2D eigenvalue weighted by atomic mass is 32.2. The lowest BCUT2D eigenvalue weighted by Crippen LogP contribution is -2.35. The number of benzene rings is 1. The van der Waals surface area contributed by atoms with Gasteiger partial charge in [-0.3, -0.25) is 19.2 Å². The molecule has 0 aliphatic heterocycles. The number of hydrogen-bond acceptors (Lipinski definition) is 6. The van der Waals surface area contributed by atoms with Crippen LogP contribution in [0, 0.1) is 0 Å². The topological polar surface area (TPSA) is 88.4 Å². The fourth-order valence-corrected chi connectivity index (χ4v) is 3.65. The molecule has 0 spiro atoms. The van der Waals surface area contributed by atoms with E-state index in [0.717, 1.165) is 22.0 Å². The number of hydrogen-bond donors (Lipinski definition) is 1. The molecule has 5 rings (SSSR count). The fraction of sp³-hybridized carbons (Fsp3) is 0.200. The first-order valence-corrected chi connectivity index (χ1v) is 10.3. The zero-order valence-corrected chi connectivity index (χ0v) is 16.9. The molecule has 9 heteroatoms. The van der Waals surface area contributed by atoms with Gasteiger partial charge in [-0.15, -0.1) is 11.8 Å². The van der Waals surface area contributed by atoms with Gasteiger partial charge in [-0.1, -0.05) is 18.2 Å². The lowest BCUT2D eigenvalue weighted by atomic mass is 10.2. The van der Waals surface area contributed by atoms with Gasteiger partial charge in [0.1, 0.15) is 5.65 Å². The number of amides is 1. The number of thioether (sulfide) groups is 1. The third kappa shape index (κ3) is 3.87. The van der Waals surface area contributed by atoms with Crippen LogP contribution in [0.2, 0.25) is 0 Å². The molecule has 0 radical (unpaired) electrons. The summed E-state index contributed by atoms with van der Waals surface area (Å²) in [5.41, 5.74) is 2.98. The smallest absolute Gasteiger partial charge is 0.279 e. The highest BCUT2D eigenvalue weighted by molar-refractivity contribution is 7.98. The van der Waals surface area contributed by atoms with E-state index in [2.05, 4.69) is 19.9 Å². The van der Waals surface area contributed by atoms with Gasteiger partial charge < -0.3 is 4.98 Å². The van der Waals surface area contributed by atoms with Gasteiger partial charge in [0.05, 0.1) is 29.8 Å². The van der Waals surface area contributed by atoms with Crippen molar-refractivity contribution in [3.63, 3.8) is 0 Å². The van der Waals surface area contributed by atoms with Crippen molar-refractivity contribution in [3.05, 3.63) is 65.9 Å². The first kappa shape index (κ1) is 19.2. The van der Waals surface area contributed by atoms with Crippen LogP contribution in [0.15, 0.2) is 64.7 Å². The normalized spacial score (nSPS) is 12.0. The molecule has 0 unspecified atom stereocenters. The third-order valence-electron chi connectivity index (χ3n) is 4.46. The Bertz CT molecular complexity index is 1160. The molecule has 2 bridgehead atoms. The standard InChI is InChI=1S/C20H20N6O2S/c1-28-26(19(27)14-7-6-10-21-13-14)12-11-25-18-16(29-2)17(23-20(25)24-18)22-15-8-4-3-5-9-15/h3-10,13H,11-12H2,1-2H3,(H,22,23,24). The fourth-order valence-electron chi connectivity index (χ4n) is 3.02. The first-order chi connectivity index (χ1) is 14.2. The van der Waals surface area contributed by atoms with Crippen molar-refractivity contribution in [2.75, 3.05) is 19.9 Å². The molecule has 0 aliphatic rings. The van der Waals surface area contributed by atoms with E-state index in [1.807, 2.05) is 41.2 Å². The van der Waals surface area contributed by atoms with Crippen molar-refractivity contribution in [2.24, 2.45) is 4.99 Å². The quantitative estimate of drug-likeness (QED) is 0.375. The Kier molecular flexibility index (Phi) is 5.59. The predicted molar refractivity (Wildman–Crippen MR) is 111 cm³/mol. The number of carbonyl (C=O) groups is 1. The summed E-state index contributed by atoms with van der Waals surface area (Å²) in [4.78, 5) is 35.4. The van der Waals surface area contributed by atoms with Gasteiger partial charge in [0.25, 0.3) is 5.91 Å². The second-order valence-electron chi connectivity index (χ2n) is 6.20. The molecule has 4 aromatic heterocycles. The Morgan fingerprint density at radius 3 is 2.79 bits per heavy atom. The predicted octanol–water partition coefficient (Wildman–Crippen LogP) is 2.86. The van der Waals surface area contributed by atoms with Crippen LogP contribution in [-0.4, -0.2) is 50.4 Å². The number of aromatic amines is 1. The molecule has 4 heterocycles. The van der Waals surface area contributed by atoms with Gasteiger partial charge in [-0.2, -0.15) is 4.98 Å². The summed E-state index contributed by atoms with van der Waals surface area (Å²) < 4.78 is 2.03. The number of pyridine rings is 1. The molecule has 0 fully saturated rings. The minimum absolute atomic E-state index is 0.230. The highest BCUT2D eigenvalue weighted by Crippen LogP contribution is 2.22. The van der Waals surface area contributed by atoms with E-state index in [9.17, 15) is 4.79 Å². The SMILES string of the molecule is CON(CCn1c2nc(=Nc3ccccc3)c(SC)c1[nH]2)C(=O)c1cccnc1. The van der Waals surface area contributed by atoms with E-state index in [1.165, 1.54) is 18.4 Å². The van der Waals surface area contributed by atoms with E-state index in [-0.39, 0.29) is 5.91 Å².